The Morgan fingerprint density at radius 3 is 2.79 bits per heavy atom. The molecule has 0 aliphatic carbocycles. The second-order valence-corrected chi connectivity index (χ2v) is 6.87. The minimum Gasteiger partial charge on any atom is -0.508 e. The molecular weight excluding hydrogens is 376 g/mol. The van der Waals surface area contributed by atoms with Crippen molar-refractivity contribution in [3.8, 4) is 5.75 Å². The molecule has 2 N–H and O–H groups in total. The van der Waals surface area contributed by atoms with Gasteiger partial charge in [-0.3, -0.25) is 9.69 Å². The molecule has 0 atom stereocenters. The van der Waals surface area contributed by atoms with Gasteiger partial charge in [0, 0.05) is 12.1 Å². The quantitative estimate of drug-likeness (QED) is 0.487. The maximum absolute atomic E-state index is 12.7. The van der Waals surface area contributed by atoms with Crippen molar-refractivity contribution in [3.05, 3.63) is 72.2 Å². The molecule has 142 valence electrons. The standard InChI is InChI=1S/C20H18N4O3S/c25-18-9-2-1-5-14(18)11-24(12-15-6-4-10-27-15)13-19(26)21-16-7-3-8-17-20(16)23-28-22-17/h1-10,25H,11-13H2,(H,21,26). The minimum absolute atomic E-state index is 0.128. The van der Waals surface area contributed by atoms with Crippen molar-refractivity contribution in [2.24, 2.45) is 8.73 Å². The molecule has 3 aromatic rings. The Labute approximate surface area is 165 Å². The minimum atomic E-state index is -0.178. The van der Waals surface area contributed by atoms with Crippen molar-refractivity contribution in [2.75, 3.05) is 11.9 Å². The van der Waals surface area contributed by atoms with E-state index in [-0.39, 0.29) is 18.2 Å². The number of nitrogens with zero attached hydrogens (tertiary/aromatic N) is 3. The average Bonchev–Trinajstić information content (AvgIpc) is 3.35. The molecule has 0 radical (unpaired) electrons. The van der Waals surface area contributed by atoms with Gasteiger partial charge >= 0.3 is 0 Å². The third kappa shape index (κ3) is 4.19. The normalized spacial score (nSPS) is 12.0. The van der Waals surface area contributed by atoms with E-state index in [9.17, 15) is 9.90 Å². The van der Waals surface area contributed by atoms with Crippen LogP contribution in [0, 0.1) is 0 Å². The van der Waals surface area contributed by atoms with Crippen LogP contribution in [0.3, 0.4) is 0 Å². The van der Waals surface area contributed by atoms with E-state index >= 15 is 0 Å². The maximum atomic E-state index is 12.7. The number of aromatic hydroxyl groups is 1. The first-order valence-corrected chi connectivity index (χ1v) is 9.45. The van der Waals surface area contributed by atoms with Crippen LogP contribution in [-0.4, -0.2) is 22.5 Å². The van der Waals surface area contributed by atoms with Crippen molar-refractivity contribution in [3.63, 3.8) is 0 Å². The highest BCUT2D eigenvalue weighted by Gasteiger charge is 2.17. The van der Waals surface area contributed by atoms with E-state index in [1.165, 1.54) is 0 Å². The number of anilines is 1. The van der Waals surface area contributed by atoms with E-state index in [1.807, 2.05) is 47.4 Å². The van der Waals surface area contributed by atoms with E-state index in [2.05, 4.69) is 14.0 Å². The van der Waals surface area contributed by atoms with Gasteiger partial charge in [-0.1, -0.05) is 24.3 Å². The summed E-state index contributed by atoms with van der Waals surface area (Å²) in [6.07, 6.45) is 1.60. The summed E-state index contributed by atoms with van der Waals surface area (Å²) < 4.78 is 13.9. The number of phenolic OH excluding ortho intramolecular Hbond substituents is 1. The van der Waals surface area contributed by atoms with Crippen LogP contribution >= 0.6 is 0 Å². The lowest BCUT2D eigenvalue weighted by atomic mass is 10.2. The Morgan fingerprint density at radius 1 is 1.07 bits per heavy atom. The molecule has 28 heavy (non-hydrogen) atoms. The van der Waals surface area contributed by atoms with Crippen LogP contribution in [0.2, 0.25) is 0 Å². The van der Waals surface area contributed by atoms with Gasteiger partial charge in [-0.15, -0.1) is 0 Å². The third-order valence-electron chi connectivity index (χ3n) is 4.27. The molecule has 1 aliphatic heterocycles. The number of carbonyl (C=O) groups is 1. The van der Waals surface area contributed by atoms with Gasteiger partial charge in [0.15, 0.2) is 0 Å². The fourth-order valence-electron chi connectivity index (χ4n) is 2.98. The number of furan rings is 1. The number of rotatable bonds is 7. The van der Waals surface area contributed by atoms with Gasteiger partial charge < -0.3 is 14.8 Å². The molecule has 2 heterocycles. The number of benzene rings is 2. The molecule has 7 nitrogen and oxygen atoms in total. The lowest BCUT2D eigenvalue weighted by molar-refractivity contribution is -0.117. The van der Waals surface area contributed by atoms with Gasteiger partial charge in [-0.05, 0) is 30.3 Å². The molecule has 2 aromatic carbocycles. The van der Waals surface area contributed by atoms with Crippen molar-refractivity contribution in [1.82, 2.24) is 4.90 Å². The highest BCUT2D eigenvalue weighted by atomic mass is 32.1. The highest BCUT2D eigenvalue weighted by Crippen LogP contribution is 2.38. The Kier molecular flexibility index (Phi) is 5.31. The van der Waals surface area contributed by atoms with Crippen LogP contribution in [0.25, 0.3) is 0 Å². The Morgan fingerprint density at radius 2 is 1.96 bits per heavy atom. The van der Waals surface area contributed by atoms with Gasteiger partial charge in [-0.2, -0.15) is 8.73 Å². The van der Waals surface area contributed by atoms with Crippen molar-refractivity contribution in [2.45, 2.75) is 13.1 Å². The molecule has 1 amide bonds. The number of carbonyl (C=O) groups excluding carboxylic acids is 1. The molecule has 1 aliphatic rings. The molecule has 8 heteroatoms. The fraction of sp³-hybridized carbons (Fsp3) is 0.150. The summed E-state index contributed by atoms with van der Waals surface area (Å²) >= 11 is 1.11. The number of phenols is 1. The van der Waals surface area contributed by atoms with Crippen LogP contribution < -0.4 is 5.32 Å². The zero-order valence-electron chi connectivity index (χ0n) is 14.9. The number of hydrogen-bond acceptors (Lipinski definition) is 6. The lowest BCUT2D eigenvalue weighted by Gasteiger charge is -2.21. The second-order valence-electron chi connectivity index (χ2n) is 6.34. The van der Waals surface area contributed by atoms with Gasteiger partial charge in [0.2, 0.25) is 5.91 Å². The summed E-state index contributed by atoms with van der Waals surface area (Å²) in [6, 6.07) is 16.3. The third-order valence-corrected chi connectivity index (χ3v) is 4.81. The highest BCUT2D eigenvalue weighted by molar-refractivity contribution is 7.58. The van der Waals surface area contributed by atoms with Crippen LogP contribution in [0.4, 0.5) is 17.1 Å². The summed E-state index contributed by atoms with van der Waals surface area (Å²) in [4.78, 5) is 14.6. The number of hydrogen-bond donors (Lipinski definition) is 2. The average molecular weight is 394 g/mol. The second kappa shape index (κ2) is 8.20. The summed E-state index contributed by atoms with van der Waals surface area (Å²) in [6.45, 7) is 0.976. The van der Waals surface area contributed by atoms with E-state index in [4.69, 9.17) is 4.42 Å². The van der Waals surface area contributed by atoms with Crippen LogP contribution in [-0.2, 0) is 29.2 Å². The zero-order chi connectivity index (χ0) is 19.3. The number of nitrogens with one attached hydrogen (secondary N) is 1. The molecule has 4 rings (SSSR count). The summed E-state index contributed by atoms with van der Waals surface area (Å²) in [7, 11) is 0. The number of fused-ring (bicyclic) bond motifs is 1. The fourth-order valence-corrected chi connectivity index (χ4v) is 3.53. The largest absolute Gasteiger partial charge is 0.508 e. The maximum Gasteiger partial charge on any atom is 0.238 e. The summed E-state index contributed by atoms with van der Waals surface area (Å²) in [5, 5.41) is 13.0. The van der Waals surface area contributed by atoms with Crippen molar-refractivity contribution in [1.29, 1.82) is 0 Å². The predicted molar refractivity (Wildman–Crippen MR) is 108 cm³/mol. The van der Waals surface area contributed by atoms with Gasteiger partial charge in [0.05, 0.1) is 36.4 Å². The zero-order valence-corrected chi connectivity index (χ0v) is 15.7. The van der Waals surface area contributed by atoms with Crippen LogP contribution in [0.5, 0.6) is 5.75 Å². The van der Waals surface area contributed by atoms with E-state index < -0.39 is 0 Å². The molecule has 1 aromatic heterocycles. The molecule has 0 saturated carbocycles. The summed E-state index contributed by atoms with van der Waals surface area (Å²) in [5.74, 6) is 0.766. The Balaban J connectivity index is 1.49. The SMILES string of the molecule is O=C(CN(Cc1ccco1)Cc1ccccc1O)Nc1cccc2c1N=S=N2. The molecule has 0 bridgehead atoms. The first-order chi connectivity index (χ1) is 13.7. The van der Waals surface area contributed by atoms with Crippen molar-refractivity contribution < 1.29 is 14.3 Å². The first-order valence-electron chi connectivity index (χ1n) is 8.72. The molecule has 0 unspecified atom stereocenters. The monoisotopic (exact) mass is 394 g/mol. The first kappa shape index (κ1) is 18.1. The topological polar surface area (TPSA) is 90.4 Å². The Bertz CT molecular complexity index is 1060. The predicted octanol–water partition coefficient (Wildman–Crippen LogP) is 4.35. The van der Waals surface area contributed by atoms with E-state index in [1.54, 1.807) is 18.4 Å². The summed E-state index contributed by atoms with van der Waals surface area (Å²) in [5.41, 5.74) is 2.81. The van der Waals surface area contributed by atoms with E-state index in [0.717, 1.165) is 28.4 Å². The molecule has 0 saturated heterocycles. The molecule has 0 fully saturated rings. The smallest absolute Gasteiger partial charge is 0.238 e. The van der Waals surface area contributed by atoms with Crippen molar-refractivity contribution >= 4 is 34.3 Å². The number of amides is 1. The van der Waals surface area contributed by atoms with Crippen LogP contribution in [0.1, 0.15) is 11.3 Å². The van der Waals surface area contributed by atoms with Gasteiger partial charge in [0.25, 0.3) is 0 Å². The Hall–Kier alpha value is -3.23. The van der Waals surface area contributed by atoms with Gasteiger partial charge in [0.1, 0.15) is 22.9 Å². The van der Waals surface area contributed by atoms with Crippen LogP contribution in [0.15, 0.2) is 74.0 Å². The lowest BCUT2D eigenvalue weighted by Crippen LogP contribution is -2.32. The molecular formula is C20H18N4O3S. The van der Waals surface area contributed by atoms with Gasteiger partial charge in [-0.25, -0.2) is 0 Å². The van der Waals surface area contributed by atoms with E-state index in [0.29, 0.717) is 24.5 Å². The molecule has 0 spiro atoms. The number of para-hydroxylation sites is 1.